The zero-order valence-electron chi connectivity index (χ0n) is 52.5. The Morgan fingerprint density at radius 2 is 0.711 bits per heavy atom. The van der Waals surface area contributed by atoms with Gasteiger partial charge < -0.3 is 119 Å². The van der Waals surface area contributed by atoms with Crippen LogP contribution in [0.25, 0.3) is 0 Å². The van der Waals surface area contributed by atoms with E-state index in [-0.39, 0.29) is 31.8 Å². The molecule has 0 aromatic heterocycles. The Hall–Kier alpha value is -3.74. The minimum atomic E-state index is -1.54. The molecule has 0 aliphatic carbocycles. The molecule has 13 unspecified atom stereocenters. The maximum atomic E-state index is 12.4. The fraction of sp³-hybridized carbons (Fsp3) is 0.697. The summed E-state index contributed by atoms with van der Waals surface area (Å²) in [6.45, 7) is 11.9. The first-order valence-corrected chi connectivity index (χ1v) is 31.7. The van der Waals surface area contributed by atoms with Crippen molar-refractivity contribution in [1.29, 1.82) is 0 Å². The molecule has 30 atom stereocenters. The predicted molar refractivity (Wildman–Crippen MR) is 322 cm³/mol. The standard InChI is InChI=1S/C66H97N3O21/c1-9-10-20-27-76-61-47(67)35(3)53(44(28-70)83-61)87-65-51(74)59(78-32-42-23-16-12-17-24-42)57(39(7)81-65)90-63-49(69)37(5)55(46(30-72)85-63)88-66-52(75)60(79-33-43-25-18-13-19-26-43)58(40(8)82-66)89-62-48(68)36(4)54(45(29-71)84-62)86-64-50(73)56(34(2)38(6)80-64)77-31-41-21-14-11-15-22-41/h1,11-19,21-26,34-40,44-66,70-75H,10,20,27-33,67-69H2,2-8H3/t34-,35+,36+,37+,38?,39?,40?,44?,45?,46?,47?,48?,49?,50?,51?,52?,53+,54+,55+,56+,57-,58-,59-,60-,61?,62-,63-,64-,65-,66-/m0/s1. The summed E-state index contributed by atoms with van der Waals surface area (Å²) >= 11 is 0. The summed E-state index contributed by atoms with van der Waals surface area (Å²) < 4.78 is 96.5. The van der Waals surface area contributed by atoms with E-state index in [9.17, 15) is 30.6 Å². The SMILES string of the molecule is C#CCCCOC1OC(CO)[C@H](O[C@@H]2OC(C)[C@H](O[C@@H]3OC(CO)[C@H](O[C@@H]4OC(C)[C@H](O[C@@H]5OC(CO)[C@H](O[C@@H]6OC(C)[C@H](C)[C@@H](OCc7ccccc7)C6O)[C@H](C)C5N)[C@@H](OCc5ccccc5)C4O)[C@H](C)C3N)[C@@H](OCc3ccccc3)C2O)[C@H](C)C1N. The molecule has 6 heterocycles. The van der Waals surface area contributed by atoms with Crippen LogP contribution in [-0.4, -0.2) is 217 Å². The monoisotopic (exact) mass is 1270 g/mol. The maximum absolute atomic E-state index is 12.4. The lowest BCUT2D eigenvalue weighted by atomic mass is 9.88. The van der Waals surface area contributed by atoms with Crippen molar-refractivity contribution in [3.63, 3.8) is 0 Å². The first-order chi connectivity index (χ1) is 43.3. The van der Waals surface area contributed by atoms with Crippen LogP contribution in [-0.2, 0) is 90.9 Å². The summed E-state index contributed by atoms with van der Waals surface area (Å²) in [6, 6.07) is 25.9. The van der Waals surface area contributed by atoms with Crippen molar-refractivity contribution in [2.45, 2.75) is 241 Å². The Balaban J connectivity index is 0.868. The van der Waals surface area contributed by atoms with Gasteiger partial charge in [0.05, 0.1) is 107 Å². The summed E-state index contributed by atoms with van der Waals surface area (Å²) in [5.74, 6) is 0.767. The van der Waals surface area contributed by atoms with Gasteiger partial charge in [0.25, 0.3) is 0 Å². The third-order valence-electron chi connectivity index (χ3n) is 18.7. The number of unbranched alkanes of at least 4 members (excludes halogenated alkanes) is 1. The predicted octanol–water partition coefficient (Wildman–Crippen LogP) is 2.09. The lowest BCUT2D eigenvalue weighted by molar-refractivity contribution is -0.378. The third-order valence-corrected chi connectivity index (χ3v) is 18.7. The summed E-state index contributed by atoms with van der Waals surface area (Å²) in [5.41, 5.74) is 23.2. The zero-order valence-corrected chi connectivity index (χ0v) is 52.5. The van der Waals surface area contributed by atoms with Crippen LogP contribution in [0.4, 0.5) is 0 Å². The molecule has 6 fully saturated rings. The highest BCUT2D eigenvalue weighted by molar-refractivity contribution is 5.16. The van der Waals surface area contributed by atoms with Gasteiger partial charge in [-0.25, -0.2) is 0 Å². The van der Waals surface area contributed by atoms with E-state index in [1.165, 1.54) is 0 Å². The number of hydrogen-bond acceptors (Lipinski definition) is 24. The average molecular weight is 1270 g/mol. The Labute approximate surface area is 528 Å². The highest BCUT2D eigenvalue weighted by Crippen LogP contribution is 2.40. The Bertz CT molecular complexity index is 2620. The van der Waals surface area contributed by atoms with E-state index < -0.39 is 191 Å². The first kappa shape index (κ1) is 70.6. The number of rotatable bonds is 26. The first-order valence-electron chi connectivity index (χ1n) is 31.7. The topological polar surface area (TPSA) is 338 Å². The van der Waals surface area contributed by atoms with Crippen molar-refractivity contribution < 1.29 is 102 Å². The lowest BCUT2D eigenvalue weighted by Crippen LogP contribution is -2.67. The van der Waals surface area contributed by atoms with Gasteiger partial charge in [0.1, 0.15) is 61.0 Å². The molecule has 0 saturated carbocycles. The van der Waals surface area contributed by atoms with Crippen molar-refractivity contribution in [3.05, 3.63) is 108 Å². The molecule has 6 aliphatic rings. The lowest BCUT2D eigenvalue weighted by Gasteiger charge is -2.51. The van der Waals surface area contributed by atoms with Gasteiger partial charge in [0.2, 0.25) is 0 Å². The van der Waals surface area contributed by atoms with Crippen molar-refractivity contribution in [2.24, 2.45) is 40.9 Å². The van der Waals surface area contributed by atoms with Crippen molar-refractivity contribution in [2.75, 3.05) is 26.4 Å². The van der Waals surface area contributed by atoms with Crippen LogP contribution < -0.4 is 17.2 Å². The average Bonchev–Trinajstić information content (AvgIpc) is 0.822. The van der Waals surface area contributed by atoms with E-state index >= 15 is 0 Å². The highest BCUT2D eigenvalue weighted by atomic mass is 16.8. The van der Waals surface area contributed by atoms with E-state index in [2.05, 4.69) is 5.92 Å². The normalized spacial score (nSPS) is 42.5. The van der Waals surface area contributed by atoms with Gasteiger partial charge >= 0.3 is 0 Å². The van der Waals surface area contributed by atoms with E-state index in [4.69, 9.17) is 94.7 Å². The van der Waals surface area contributed by atoms with Crippen LogP contribution in [0.2, 0.25) is 0 Å². The number of hydrogen-bond donors (Lipinski definition) is 9. The molecule has 24 nitrogen and oxygen atoms in total. The zero-order chi connectivity index (χ0) is 64.3. The second-order valence-electron chi connectivity index (χ2n) is 24.9. The van der Waals surface area contributed by atoms with Crippen LogP contribution in [0.5, 0.6) is 0 Å². The van der Waals surface area contributed by atoms with Crippen LogP contribution in [0.1, 0.15) is 78.0 Å². The van der Waals surface area contributed by atoms with Gasteiger partial charge in [0, 0.05) is 30.1 Å². The molecule has 0 spiro atoms. The van der Waals surface area contributed by atoms with Crippen LogP contribution >= 0.6 is 0 Å². The Kier molecular flexibility index (Phi) is 25.9. The van der Waals surface area contributed by atoms with E-state index in [0.29, 0.717) is 19.4 Å². The fourth-order valence-electron chi connectivity index (χ4n) is 12.8. The molecule has 502 valence electrons. The third kappa shape index (κ3) is 16.7. The summed E-state index contributed by atoms with van der Waals surface area (Å²) in [7, 11) is 0. The second kappa shape index (κ2) is 33.1. The van der Waals surface area contributed by atoms with Crippen LogP contribution in [0.15, 0.2) is 91.0 Å². The maximum Gasteiger partial charge on any atom is 0.186 e. The van der Waals surface area contributed by atoms with Crippen molar-refractivity contribution in [1.82, 2.24) is 0 Å². The molecule has 9 rings (SSSR count). The smallest absolute Gasteiger partial charge is 0.186 e. The van der Waals surface area contributed by atoms with Gasteiger partial charge in [-0.05, 0) is 43.9 Å². The Morgan fingerprint density at radius 1 is 0.389 bits per heavy atom. The van der Waals surface area contributed by atoms with Gasteiger partial charge in [-0.2, -0.15) is 0 Å². The fourth-order valence-corrected chi connectivity index (χ4v) is 12.8. The molecule has 3 aromatic rings. The molecule has 24 heteroatoms. The Morgan fingerprint density at radius 3 is 1.08 bits per heavy atom. The van der Waals surface area contributed by atoms with Crippen molar-refractivity contribution >= 4 is 0 Å². The molecular formula is C66H97N3O21. The minimum absolute atomic E-state index is 0.0465. The van der Waals surface area contributed by atoms with Gasteiger partial charge in [0.15, 0.2) is 37.7 Å². The quantitative estimate of drug-likeness (QED) is 0.0410. The molecule has 12 N–H and O–H groups in total. The number of aliphatic hydroxyl groups is 6. The largest absolute Gasteiger partial charge is 0.394 e. The van der Waals surface area contributed by atoms with E-state index in [1.807, 2.05) is 119 Å². The summed E-state index contributed by atoms with van der Waals surface area (Å²) in [4.78, 5) is 0. The van der Waals surface area contributed by atoms with Crippen LogP contribution in [0.3, 0.4) is 0 Å². The van der Waals surface area contributed by atoms with E-state index in [1.54, 1.807) is 20.8 Å². The molecule has 6 saturated heterocycles. The molecular weight excluding hydrogens is 1170 g/mol. The number of ether oxygens (including phenoxy) is 15. The number of benzene rings is 3. The van der Waals surface area contributed by atoms with Gasteiger partial charge in [-0.1, -0.05) is 119 Å². The van der Waals surface area contributed by atoms with Crippen molar-refractivity contribution in [3.8, 4) is 12.3 Å². The van der Waals surface area contributed by atoms with E-state index in [0.717, 1.165) is 16.7 Å². The minimum Gasteiger partial charge on any atom is -0.394 e. The summed E-state index contributed by atoms with van der Waals surface area (Å²) in [6.07, 6.45) is -17.5. The second-order valence-corrected chi connectivity index (χ2v) is 24.9. The van der Waals surface area contributed by atoms with Crippen LogP contribution in [0, 0.1) is 36.0 Å². The molecule has 90 heavy (non-hydrogen) atoms. The number of nitrogens with two attached hydrogens (primary N) is 3. The molecule has 3 aromatic carbocycles. The molecule has 0 bridgehead atoms. The molecule has 6 aliphatic heterocycles. The van der Waals surface area contributed by atoms with Gasteiger partial charge in [-0.15, -0.1) is 12.3 Å². The number of aliphatic hydroxyl groups excluding tert-OH is 6. The number of terminal acetylenes is 1. The molecule has 0 amide bonds. The van der Waals surface area contributed by atoms with Gasteiger partial charge in [-0.3, -0.25) is 0 Å². The molecule has 0 radical (unpaired) electrons. The summed E-state index contributed by atoms with van der Waals surface area (Å²) in [5, 5.41) is 68.8. The highest BCUT2D eigenvalue weighted by Gasteiger charge is 2.56.